The molecule has 2 saturated heterocycles. The number of hydrogen-bond acceptors (Lipinski definition) is 6. The molecule has 7 heteroatoms. The van der Waals surface area contributed by atoms with Crippen molar-refractivity contribution in [2.24, 2.45) is 0 Å². The van der Waals surface area contributed by atoms with Crippen molar-refractivity contribution in [1.29, 1.82) is 0 Å². The van der Waals surface area contributed by atoms with Crippen LogP contribution in [0.25, 0.3) is 0 Å². The normalized spacial score (nSPS) is 22.0. The van der Waals surface area contributed by atoms with E-state index < -0.39 is 0 Å². The number of piperazine rings is 1. The summed E-state index contributed by atoms with van der Waals surface area (Å²) in [4.78, 5) is 28.8. The third-order valence-electron chi connectivity index (χ3n) is 9.79. The second-order valence-electron chi connectivity index (χ2n) is 12.6. The number of aryl methyl sites for hydroxylation is 1. The van der Waals surface area contributed by atoms with Crippen LogP contribution in [0.3, 0.4) is 0 Å². The third-order valence-corrected chi connectivity index (χ3v) is 9.79. The molecule has 1 unspecified atom stereocenters. The highest BCUT2D eigenvalue weighted by Gasteiger charge is 2.32. The highest BCUT2D eigenvalue weighted by Crippen LogP contribution is 2.47. The van der Waals surface area contributed by atoms with Gasteiger partial charge in [-0.2, -0.15) is 0 Å². The van der Waals surface area contributed by atoms with E-state index in [1.165, 1.54) is 27.9 Å². The van der Waals surface area contributed by atoms with Gasteiger partial charge in [0.2, 0.25) is 11.8 Å². The van der Waals surface area contributed by atoms with Gasteiger partial charge in [0.25, 0.3) is 0 Å². The van der Waals surface area contributed by atoms with Gasteiger partial charge in [-0.3, -0.25) is 19.8 Å². The zero-order valence-corrected chi connectivity index (χ0v) is 25.5. The first kappa shape index (κ1) is 29.1. The van der Waals surface area contributed by atoms with Crippen LogP contribution in [0.1, 0.15) is 58.9 Å². The van der Waals surface area contributed by atoms with Crippen LogP contribution < -0.4 is 15.5 Å². The summed E-state index contributed by atoms with van der Waals surface area (Å²) < 4.78 is 0. The molecule has 0 radical (unpaired) electrons. The number of carbonyl (C=O) groups is 2. The average Bonchev–Trinajstić information content (AvgIpc) is 3.07. The van der Waals surface area contributed by atoms with Crippen LogP contribution in [0, 0.1) is 0 Å². The molecule has 4 aromatic carbocycles. The van der Waals surface area contributed by atoms with Crippen molar-refractivity contribution in [1.82, 2.24) is 10.2 Å². The summed E-state index contributed by atoms with van der Waals surface area (Å²) in [6.07, 6.45) is 2.90. The lowest BCUT2D eigenvalue weighted by Crippen LogP contribution is -2.48. The minimum absolute atomic E-state index is 0.198. The molecule has 0 saturated carbocycles. The molecular weight excluding hydrogens is 560 g/mol. The van der Waals surface area contributed by atoms with Crippen LogP contribution in [0.4, 0.5) is 11.4 Å². The van der Waals surface area contributed by atoms with Gasteiger partial charge in [0, 0.05) is 56.4 Å². The standard InChI is InChI=1S/C38H40N4O3/c43-31-15-17-33-28(24-31)12-16-32(26-6-2-1-3-7-26)37(33)27-10-13-30(14-11-27)42-22-20-41(21-23-42)25-29-8-4-5-9-34(29)39-35-18-19-36(44)40-38(35)45/h1-11,13-15,17,24,32,35,37,39,43H,12,16,18-23,25H2,(H,40,44,45)/t32-,35?,37+/m0/s1. The molecule has 3 atom stereocenters. The van der Waals surface area contributed by atoms with Crippen LogP contribution >= 0.6 is 0 Å². The molecule has 0 aromatic heterocycles. The van der Waals surface area contributed by atoms with Crippen molar-refractivity contribution in [2.75, 3.05) is 36.4 Å². The second kappa shape index (κ2) is 12.8. The van der Waals surface area contributed by atoms with Crippen LogP contribution in [0.15, 0.2) is 97.1 Å². The quantitative estimate of drug-likeness (QED) is 0.233. The number of nitrogens with zero attached hydrogens (tertiary/aromatic N) is 2. The van der Waals surface area contributed by atoms with Crippen LogP contribution in [-0.4, -0.2) is 54.0 Å². The topological polar surface area (TPSA) is 84.9 Å². The number of hydrogen-bond donors (Lipinski definition) is 3. The molecule has 3 aliphatic rings. The number of phenols is 1. The number of piperidine rings is 1. The Hall–Kier alpha value is -4.62. The molecule has 230 valence electrons. The Kier molecular flexibility index (Phi) is 8.27. The van der Waals surface area contributed by atoms with Crippen molar-refractivity contribution in [2.45, 2.75) is 50.1 Å². The van der Waals surface area contributed by atoms with Crippen molar-refractivity contribution in [3.8, 4) is 5.75 Å². The van der Waals surface area contributed by atoms with E-state index in [1.807, 2.05) is 30.3 Å². The molecule has 2 amide bonds. The Bertz CT molecular complexity index is 1660. The number of fused-ring (bicyclic) bond motifs is 1. The smallest absolute Gasteiger partial charge is 0.249 e. The number of aromatic hydroxyl groups is 1. The van der Waals surface area contributed by atoms with Crippen molar-refractivity contribution < 1.29 is 14.7 Å². The number of imide groups is 1. The van der Waals surface area contributed by atoms with Gasteiger partial charge in [-0.05, 0) is 83.3 Å². The fourth-order valence-corrected chi connectivity index (χ4v) is 7.39. The van der Waals surface area contributed by atoms with Crippen molar-refractivity contribution in [3.05, 3.63) is 125 Å². The fourth-order valence-electron chi connectivity index (χ4n) is 7.39. The Balaban J connectivity index is 1.02. The van der Waals surface area contributed by atoms with Crippen LogP contribution in [0.5, 0.6) is 5.75 Å². The largest absolute Gasteiger partial charge is 0.508 e. The maximum absolute atomic E-state index is 12.3. The van der Waals surface area contributed by atoms with Crippen molar-refractivity contribution >= 4 is 23.2 Å². The molecule has 2 fully saturated rings. The molecule has 3 N–H and O–H groups in total. The number of para-hydroxylation sites is 1. The summed E-state index contributed by atoms with van der Waals surface area (Å²) in [5, 5.41) is 16.0. The number of anilines is 2. The van der Waals surface area contributed by atoms with E-state index in [0.29, 0.717) is 24.5 Å². The van der Waals surface area contributed by atoms with Gasteiger partial charge in [0.15, 0.2) is 0 Å². The SMILES string of the molecule is O=C1CCC(Nc2ccccc2CN2CCN(c3ccc([C@H]4c5ccc(O)cc5CC[C@H]4c4ccccc4)cc3)CC2)C(=O)N1. The molecule has 2 aliphatic heterocycles. The van der Waals surface area contributed by atoms with Gasteiger partial charge in [-0.1, -0.05) is 66.7 Å². The fraction of sp³-hybridized carbons (Fsp3) is 0.316. The summed E-state index contributed by atoms with van der Waals surface area (Å²) in [6, 6.07) is 33.7. The monoisotopic (exact) mass is 600 g/mol. The lowest BCUT2D eigenvalue weighted by molar-refractivity contribution is -0.133. The molecule has 7 rings (SSSR count). The zero-order valence-electron chi connectivity index (χ0n) is 25.5. The van der Waals surface area contributed by atoms with Gasteiger partial charge in [0.05, 0.1) is 0 Å². The zero-order chi connectivity index (χ0) is 30.8. The minimum atomic E-state index is -0.388. The first-order valence-electron chi connectivity index (χ1n) is 16.1. The first-order chi connectivity index (χ1) is 22.0. The molecular formula is C38H40N4O3. The predicted molar refractivity (Wildman–Crippen MR) is 178 cm³/mol. The Morgan fingerprint density at radius 2 is 1.53 bits per heavy atom. The molecule has 45 heavy (non-hydrogen) atoms. The van der Waals surface area contributed by atoms with Gasteiger partial charge in [0.1, 0.15) is 11.8 Å². The molecule has 7 nitrogen and oxygen atoms in total. The van der Waals surface area contributed by atoms with Gasteiger partial charge in [-0.15, -0.1) is 0 Å². The molecule has 0 bridgehead atoms. The lowest BCUT2D eigenvalue weighted by Gasteiger charge is -2.37. The number of rotatable bonds is 7. The summed E-state index contributed by atoms with van der Waals surface area (Å²) in [7, 11) is 0. The molecule has 0 spiro atoms. The summed E-state index contributed by atoms with van der Waals surface area (Å²) >= 11 is 0. The summed E-state index contributed by atoms with van der Waals surface area (Å²) in [6.45, 7) is 4.59. The highest BCUT2D eigenvalue weighted by atomic mass is 16.3. The number of benzene rings is 4. The summed E-state index contributed by atoms with van der Waals surface area (Å²) in [5.41, 5.74) is 8.62. The Morgan fingerprint density at radius 3 is 2.31 bits per heavy atom. The van der Waals surface area contributed by atoms with Gasteiger partial charge < -0.3 is 15.3 Å². The molecule has 1 aliphatic carbocycles. The van der Waals surface area contributed by atoms with E-state index in [0.717, 1.165) is 56.8 Å². The van der Waals surface area contributed by atoms with E-state index in [2.05, 4.69) is 87.2 Å². The van der Waals surface area contributed by atoms with Crippen molar-refractivity contribution in [3.63, 3.8) is 0 Å². The molecule has 4 aromatic rings. The second-order valence-corrected chi connectivity index (χ2v) is 12.6. The van der Waals surface area contributed by atoms with E-state index in [4.69, 9.17) is 0 Å². The minimum Gasteiger partial charge on any atom is -0.508 e. The maximum Gasteiger partial charge on any atom is 0.249 e. The average molecular weight is 601 g/mol. The van der Waals surface area contributed by atoms with E-state index in [1.54, 1.807) is 0 Å². The van der Waals surface area contributed by atoms with Crippen LogP contribution in [-0.2, 0) is 22.6 Å². The van der Waals surface area contributed by atoms with E-state index in [-0.39, 0.29) is 23.8 Å². The maximum atomic E-state index is 12.3. The van der Waals surface area contributed by atoms with Gasteiger partial charge >= 0.3 is 0 Å². The first-order valence-corrected chi connectivity index (χ1v) is 16.1. The van der Waals surface area contributed by atoms with E-state index >= 15 is 0 Å². The molecule has 2 heterocycles. The number of nitrogens with one attached hydrogen (secondary N) is 2. The Labute approximate surface area is 264 Å². The highest BCUT2D eigenvalue weighted by molar-refractivity contribution is 6.01. The lowest BCUT2D eigenvalue weighted by atomic mass is 9.69. The number of phenolic OH excluding ortho intramolecular Hbond substituents is 1. The number of carbonyl (C=O) groups excluding carboxylic acids is 2. The predicted octanol–water partition coefficient (Wildman–Crippen LogP) is 5.79. The Morgan fingerprint density at radius 1 is 0.778 bits per heavy atom. The number of amides is 2. The third kappa shape index (κ3) is 6.31. The summed E-state index contributed by atoms with van der Waals surface area (Å²) in [5.74, 6) is 0.537. The van der Waals surface area contributed by atoms with E-state index in [9.17, 15) is 14.7 Å². The van der Waals surface area contributed by atoms with Crippen LogP contribution in [0.2, 0.25) is 0 Å². The van der Waals surface area contributed by atoms with Gasteiger partial charge in [-0.25, -0.2) is 0 Å².